The average molecular weight is 337 g/mol. The second kappa shape index (κ2) is 11.0. The molecule has 1 aromatic carbocycles. The van der Waals surface area contributed by atoms with Gasteiger partial charge in [-0.05, 0) is 24.8 Å². The number of carboxylic acid groups (broad SMARTS) is 1. The van der Waals surface area contributed by atoms with E-state index in [1.54, 1.807) is 12.1 Å². The van der Waals surface area contributed by atoms with Gasteiger partial charge in [0.2, 0.25) is 5.91 Å². The molecule has 0 saturated heterocycles. The van der Waals surface area contributed by atoms with Gasteiger partial charge in [0.1, 0.15) is 12.6 Å². The third-order valence-electron chi connectivity index (χ3n) is 3.23. The first kappa shape index (κ1) is 19.4. The van der Waals surface area contributed by atoms with Gasteiger partial charge in [0.25, 0.3) is 0 Å². The van der Waals surface area contributed by atoms with E-state index in [0.717, 1.165) is 5.56 Å². The van der Waals surface area contributed by atoms with Gasteiger partial charge >= 0.3 is 12.1 Å². The van der Waals surface area contributed by atoms with Crippen molar-refractivity contribution >= 4 is 18.0 Å². The summed E-state index contributed by atoms with van der Waals surface area (Å²) in [6, 6.07) is 8.06. The molecule has 0 heterocycles. The predicted molar refractivity (Wildman–Crippen MR) is 87.1 cm³/mol. The van der Waals surface area contributed by atoms with Crippen LogP contribution in [0.2, 0.25) is 0 Å². The molecule has 0 saturated carbocycles. The number of amides is 2. The first-order valence-electron chi connectivity index (χ1n) is 7.69. The maximum absolute atomic E-state index is 11.7. The predicted octanol–water partition coefficient (Wildman–Crippen LogP) is 0.611. The van der Waals surface area contributed by atoms with Gasteiger partial charge in [-0.3, -0.25) is 4.79 Å². The Bertz CT molecular complexity index is 536. The Morgan fingerprint density at radius 3 is 2.50 bits per heavy atom. The van der Waals surface area contributed by atoms with Crippen LogP contribution in [0.1, 0.15) is 24.8 Å². The smallest absolute Gasteiger partial charge is 0.408 e. The standard InChI is InChI=1S/C16H23N3O5/c17-10-14(20)18-9-5-4-8-13(15(21)22)19-16(23)24-11-12-6-2-1-3-7-12/h1-3,6-7,13H,4-5,8-11,17H2,(H,18,20)(H,19,23)(H,21,22). The number of carboxylic acids is 1. The Morgan fingerprint density at radius 2 is 1.88 bits per heavy atom. The highest BCUT2D eigenvalue weighted by molar-refractivity contribution is 5.79. The van der Waals surface area contributed by atoms with Crippen LogP contribution in [0, 0.1) is 0 Å². The molecule has 0 aliphatic carbocycles. The van der Waals surface area contributed by atoms with Crippen molar-refractivity contribution in [3.05, 3.63) is 35.9 Å². The Balaban J connectivity index is 2.27. The number of hydrogen-bond acceptors (Lipinski definition) is 5. The summed E-state index contributed by atoms with van der Waals surface area (Å²) in [4.78, 5) is 33.8. The van der Waals surface area contributed by atoms with Crippen LogP contribution in [-0.2, 0) is 20.9 Å². The van der Waals surface area contributed by atoms with E-state index < -0.39 is 18.1 Å². The molecule has 1 rings (SSSR count). The summed E-state index contributed by atoms with van der Waals surface area (Å²) < 4.78 is 5.00. The Hall–Kier alpha value is -2.61. The van der Waals surface area contributed by atoms with E-state index in [1.165, 1.54) is 0 Å². The topological polar surface area (TPSA) is 131 Å². The van der Waals surface area contributed by atoms with Crippen LogP contribution in [0.15, 0.2) is 30.3 Å². The molecule has 1 unspecified atom stereocenters. The molecule has 8 nitrogen and oxygen atoms in total. The lowest BCUT2D eigenvalue weighted by Crippen LogP contribution is -2.41. The number of carbonyl (C=O) groups excluding carboxylic acids is 2. The number of ether oxygens (including phenoxy) is 1. The molecule has 0 radical (unpaired) electrons. The summed E-state index contributed by atoms with van der Waals surface area (Å²) >= 11 is 0. The van der Waals surface area contributed by atoms with E-state index in [4.69, 9.17) is 15.6 Å². The number of rotatable bonds is 10. The molecule has 0 spiro atoms. The Labute approximate surface area is 140 Å². The number of nitrogens with two attached hydrogens (primary N) is 1. The minimum Gasteiger partial charge on any atom is -0.480 e. The number of aliphatic carboxylic acids is 1. The second-order valence-electron chi connectivity index (χ2n) is 5.15. The highest BCUT2D eigenvalue weighted by Crippen LogP contribution is 2.04. The SMILES string of the molecule is NCC(=O)NCCCCC(NC(=O)OCc1ccccc1)C(=O)O. The monoisotopic (exact) mass is 337 g/mol. The third-order valence-corrected chi connectivity index (χ3v) is 3.23. The molecule has 1 atom stereocenters. The van der Waals surface area contributed by atoms with Crippen molar-refractivity contribution in [1.29, 1.82) is 0 Å². The fourth-order valence-corrected chi connectivity index (χ4v) is 1.94. The van der Waals surface area contributed by atoms with E-state index in [9.17, 15) is 14.4 Å². The molecule has 24 heavy (non-hydrogen) atoms. The van der Waals surface area contributed by atoms with Crippen LogP contribution in [0.5, 0.6) is 0 Å². The van der Waals surface area contributed by atoms with E-state index in [-0.39, 0.29) is 25.5 Å². The molecule has 0 fully saturated rings. The number of benzene rings is 1. The average Bonchev–Trinajstić information content (AvgIpc) is 2.59. The van der Waals surface area contributed by atoms with Gasteiger partial charge in [-0.25, -0.2) is 9.59 Å². The number of alkyl carbamates (subject to hydrolysis) is 1. The zero-order valence-corrected chi connectivity index (χ0v) is 13.4. The van der Waals surface area contributed by atoms with E-state index in [0.29, 0.717) is 19.4 Å². The van der Waals surface area contributed by atoms with Crippen LogP contribution in [-0.4, -0.2) is 42.2 Å². The molecule has 2 amide bonds. The second-order valence-corrected chi connectivity index (χ2v) is 5.15. The molecule has 5 N–H and O–H groups in total. The summed E-state index contributed by atoms with van der Waals surface area (Å²) in [5.41, 5.74) is 5.96. The highest BCUT2D eigenvalue weighted by Gasteiger charge is 2.20. The first-order chi connectivity index (χ1) is 11.5. The molecule has 0 aliphatic rings. The lowest BCUT2D eigenvalue weighted by Gasteiger charge is -2.14. The van der Waals surface area contributed by atoms with E-state index >= 15 is 0 Å². The minimum absolute atomic E-state index is 0.0735. The van der Waals surface area contributed by atoms with Crippen molar-refractivity contribution in [2.45, 2.75) is 31.9 Å². The summed E-state index contributed by atoms with van der Waals surface area (Å²) in [5.74, 6) is -1.38. The van der Waals surface area contributed by atoms with Gasteiger partial charge in [-0.2, -0.15) is 0 Å². The van der Waals surface area contributed by atoms with Gasteiger partial charge in [-0.15, -0.1) is 0 Å². The van der Waals surface area contributed by atoms with Crippen LogP contribution in [0.25, 0.3) is 0 Å². The van der Waals surface area contributed by atoms with Crippen molar-refractivity contribution in [1.82, 2.24) is 10.6 Å². The van der Waals surface area contributed by atoms with Crippen molar-refractivity contribution in [3.8, 4) is 0 Å². The van der Waals surface area contributed by atoms with Gasteiger partial charge in [0.05, 0.1) is 6.54 Å². The molecule has 0 aromatic heterocycles. The summed E-state index contributed by atoms with van der Waals surface area (Å²) in [6.07, 6.45) is 0.591. The summed E-state index contributed by atoms with van der Waals surface area (Å²) in [7, 11) is 0. The zero-order valence-electron chi connectivity index (χ0n) is 13.4. The highest BCUT2D eigenvalue weighted by atomic mass is 16.5. The number of hydrogen-bond donors (Lipinski definition) is 4. The summed E-state index contributed by atoms with van der Waals surface area (Å²) in [5, 5.41) is 14.1. The van der Waals surface area contributed by atoms with E-state index in [1.807, 2.05) is 18.2 Å². The number of unbranched alkanes of at least 4 members (excludes halogenated alkanes) is 1. The van der Waals surface area contributed by atoms with Gasteiger partial charge in [0.15, 0.2) is 0 Å². The number of carbonyl (C=O) groups is 3. The normalized spacial score (nSPS) is 11.4. The van der Waals surface area contributed by atoms with Crippen molar-refractivity contribution in [2.75, 3.05) is 13.1 Å². The lowest BCUT2D eigenvalue weighted by atomic mass is 10.1. The van der Waals surface area contributed by atoms with Gasteiger partial charge in [-0.1, -0.05) is 30.3 Å². The first-order valence-corrected chi connectivity index (χ1v) is 7.69. The lowest BCUT2D eigenvalue weighted by molar-refractivity contribution is -0.139. The molecule has 132 valence electrons. The zero-order chi connectivity index (χ0) is 17.8. The van der Waals surface area contributed by atoms with Crippen LogP contribution < -0.4 is 16.4 Å². The van der Waals surface area contributed by atoms with Crippen molar-refractivity contribution < 1.29 is 24.2 Å². The maximum Gasteiger partial charge on any atom is 0.408 e. The fourth-order valence-electron chi connectivity index (χ4n) is 1.94. The Morgan fingerprint density at radius 1 is 1.17 bits per heavy atom. The fraction of sp³-hybridized carbons (Fsp3) is 0.438. The number of nitrogens with one attached hydrogen (secondary N) is 2. The molecule has 8 heteroatoms. The Kier molecular flexibility index (Phi) is 8.91. The molecule has 1 aromatic rings. The van der Waals surface area contributed by atoms with Crippen LogP contribution in [0.3, 0.4) is 0 Å². The van der Waals surface area contributed by atoms with E-state index in [2.05, 4.69) is 10.6 Å². The van der Waals surface area contributed by atoms with Gasteiger partial charge < -0.3 is 26.2 Å². The van der Waals surface area contributed by atoms with Crippen molar-refractivity contribution in [2.24, 2.45) is 5.73 Å². The van der Waals surface area contributed by atoms with Crippen LogP contribution >= 0.6 is 0 Å². The molecule has 0 bridgehead atoms. The van der Waals surface area contributed by atoms with Crippen molar-refractivity contribution in [3.63, 3.8) is 0 Å². The molecular weight excluding hydrogens is 314 g/mol. The summed E-state index contributed by atoms with van der Waals surface area (Å²) in [6.45, 7) is 0.414. The third kappa shape index (κ3) is 8.14. The molecular formula is C16H23N3O5. The molecule has 0 aliphatic heterocycles. The largest absolute Gasteiger partial charge is 0.480 e. The van der Waals surface area contributed by atoms with Crippen LogP contribution in [0.4, 0.5) is 4.79 Å². The quantitative estimate of drug-likeness (QED) is 0.463. The maximum atomic E-state index is 11.7. The van der Waals surface area contributed by atoms with Gasteiger partial charge in [0, 0.05) is 6.54 Å². The minimum atomic E-state index is -1.13.